The Morgan fingerprint density at radius 1 is 0.917 bits per heavy atom. The summed E-state index contributed by atoms with van der Waals surface area (Å²) in [5, 5.41) is 3.43. The Balaban J connectivity index is 1.98. The maximum Gasteiger partial charge on any atom is 0.250 e. The van der Waals surface area contributed by atoms with Crippen LogP contribution >= 0.6 is 0 Å². The van der Waals surface area contributed by atoms with Gasteiger partial charge < -0.3 is 5.32 Å². The summed E-state index contributed by atoms with van der Waals surface area (Å²) in [7, 11) is 0. The number of nitrogens with one attached hydrogen (secondary N) is 1. The first-order valence-electron chi connectivity index (χ1n) is 8.99. The van der Waals surface area contributed by atoms with Crippen molar-refractivity contribution in [3.8, 4) is 11.1 Å². The quantitative estimate of drug-likeness (QED) is 0.864. The Hall–Kier alpha value is -1.90. The van der Waals surface area contributed by atoms with Crippen LogP contribution < -0.4 is 16.2 Å². The molecule has 3 nitrogen and oxygen atoms in total. The molecule has 1 N–H and O–H groups in total. The molecule has 3 atom stereocenters. The average Bonchev–Trinajstić information content (AvgIpc) is 2.55. The van der Waals surface area contributed by atoms with Gasteiger partial charge in [-0.05, 0) is 61.3 Å². The third-order valence-electron chi connectivity index (χ3n) is 6.06. The van der Waals surface area contributed by atoms with Crippen molar-refractivity contribution in [1.29, 1.82) is 0 Å². The van der Waals surface area contributed by atoms with Crippen LogP contribution in [0.1, 0.15) is 49.8 Å². The standard InChI is InChI=1S/C21H27NO2/c1-11-7-6-8-17(15(11)5)22-19-18(20(23)21(19)24)16-10-13(3)12(2)9-14(16)4/h9-11,15,17,22H,6-8H2,1-5H3. The lowest BCUT2D eigenvalue weighted by Gasteiger charge is -2.35. The topological polar surface area (TPSA) is 46.2 Å². The fourth-order valence-corrected chi connectivity index (χ4v) is 3.99. The van der Waals surface area contributed by atoms with Gasteiger partial charge >= 0.3 is 0 Å². The molecule has 0 aromatic heterocycles. The zero-order valence-electron chi connectivity index (χ0n) is 15.3. The van der Waals surface area contributed by atoms with E-state index in [9.17, 15) is 9.59 Å². The average molecular weight is 325 g/mol. The number of rotatable bonds is 3. The minimum Gasteiger partial charge on any atom is -0.378 e. The zero-order valence-corrected chi connectivity index (χ0v) is 15.3. The van der Waals surface area contributed by atoms with Gasteiger partial charge in [0.1, 0.15) is 0 Å². The second-order valence-electron chi connectivity index (χ2n) is 7.68. The van der Waals surface area contributed by atoms with E-state index in [0.717, 1.165) is 23.1 Å². The Kier molecular flexibility index (Phi) is 4.37. The number of anilines is 1. The Labute approximate surface area is 143 Å². The highest BCUT2D eigenvalue weighted by Gasteiger charge is 2.31. The third-order valence-corrected chi connectivity index (χ3v) is 6.06. The van der Waals surface area contributed by atoms with Crippen LogP contribution in [0.3, 0.4) is 0 Å². The van der Waals surface area contributed by atoms with Gasteiger partial charge in [0.25, 0.3) is 0 Å². The van der Waals surface area contributed by atoms with Gasteiger partial charge in [-0.3, -0.25) is 9.59 Å². The van der Waals surface area contributed by atoms with E-state index < -0.39 is 0 Å². The molecular formula is C21H27NO2. The molecule has 1 saturated carbocycles. The van der Waals surface area contributed by atoms with Crippen molar-refractivity contribution in [1.82, 2.24) is 0 Å². The number of benzene rings is 1. The first kappa shape index (κ1) is 16.9. The van der Waals surface area contributed by atoms with Gasteiger partial charge in [0, 0.05) is 6.04 Å². The van der Waals surface area contributed by atoms with E-state index in [1.165, 1.54) is 18.4 Å². The lowest BCUT2D eigenvalue weighted by molar-refractivity contribution is 0.253. The molecule has 2 aromatic rings. The maximum atomic E-state index is 12.3. The molecule has 3 rings (SSSR count). The van der Waals surface area contributed by atoms with Crippen molar-refractivity contribution in [2.45, 2.75) is 59.9 Å². The van der Waals surface area contributed by atoms with E-state index in [1.807, 2.05) is 19.9 Å². The van der Waals surface area contributed by atoms with Crippen LogP contribution in [0.15, 0.2) is 21.7 Å². The number of aryl methyl sites for hydroxylation is 3. The summed E-state index contributed by atoms with van der Waals surface area (Å²) >= 11 is 0. The zero-order chi connectivity index (χ0) is 17.6. The highest BCUT2D eigenvalue weighted by atomic mass is 16.2. The van der Waals surface area contributed by atoms with Crippen molar-refractivity contribution >= 4 is 5.69 Å². The van der Waals surface area contributed by atoms with Crippen molar-refractivity contribution in [3.63, 3.8) is 0 Å². The Bertz CT molecular complexity index is 842. The summed E-state index contributed by atoms with van der Waals surface area (Å²) in [4.78, 5) is 24.5. The molecule has 0 saturated heterocycles. The number of hydrogen-bond donors (Lipinski definition) is 1. The molecule has 0 spiro atoms. The molecule has 2 aromatic carbocycles. The molecule has 1 aliphatic carbocycles. The third kappa shape index (κ3) is 2.70. The fourth-order valence-electron chi connectivity index (χ4n) is 3.99. The van der Waals surface area contributed by atoms with Gasteiger partial charge in [-0.1, -0.05) is 38.8 Å². The van der Waals surface area contributed by atoms with E-state index in [0.29, 0.717) is 23.1 Å². The number of hydrogen-bond acceptors (Lipinski definition) is 3. The van der Waals surface area contributed by atoms with Crippen molar-refractivity contribution < 1.29 is 0 Å². The smallest absolute Gasteiger partial charge is 0.250 e. The summed E-state index contributed by atoms with van der Waals surface area (Å²) in [6, 6.07) is 4.41. The first-order chi connectivity index (χ1) is 11.3. The van der Waals surface area contributed by atoms with Crippen LogP contribution in [-0.4, -0.2) is 6.04 Å². The molecule has 3 heteroatoms. The SMILES string of the molecule is Cc1cc(C)c(-c2c(NC3CCCC(C)C3C)c(=O)c2=O)cc1C. The molecule has 3 unspecified atom stereocenters. The molecule has 0 aliphatic heterocycles. The summed E-state index contributed by atoms with van der Waals surface area (Å²) in [6.07, 6.45) is 3.49. The Morgan fingerprint density at radius 3 is 2.29 bits per heavy atom. The van der Waals surface area contributed by atoms with Crippen molar-refractivity contribution in [2.75, 3.05) is 5.32 Å². The second-order valence-corrected chi connectivity index (χ2v) is 7.68. The van der Waals surface area contributed by atoms with Crippen molar-refractivity contribution in [2.24, 2.45) is 11.8 Å². The van der Waals surface area contributed by atoms with Crippen LogP contribution in [0.4, 0.5) is 5.69 Å². The largest absolute Gasteiger partial charge is 0.378 e. The molecule has 1 aliphatic rings. The lowest BCUT2D eigenvalue weighted by Crippen LogP contribution is -2.42. The van der Waals surface area contributed by atoms with Gasteiger partial charge in [0.05, 0.1) is 11.3 Å². The van der Waals surface area contributed by atoms with Crippen LogP contribution in [0.2, 0.25) is 0 Å². The van der Waals surface area contributed by atoms with Crippen LogP contribution in [0.25, 0.3) is 11.1 Å². The first-order valence-corrected chi connectivity index (χ1v) is 8.99. The summed E-state index contributed by atoms with van der Waals surface area (Å²) in [5.41, 5.74) is 4.74. The van der Waals surface area contributed by atoms with Crippen LogP contribution in [0.5, 0.6) is 0 Å². The Morgan fingerprint density at radius 2 is 1.58 bits per heavy atom. The van der Waals surface area contributed by atoms with Crippen LogP contribution in [0, 0.1) is 32.6 Å². The molecular weight excluding hydrogens is 298 g/mol. The van der Waals surface area contributed by atoms with E-state index in [-0.39, 0.29) is 16.9 Å². The van der Waals surface area contributed by atoms with Gasteiger partial charge in [-0.15, -0.1) is 0 Å². The monoisotopic (exact) mass is 325 g/mol. The molecule has 0 bridgehead atoms. The minimum absolute atomic E-state index is 0.280. The minimum atomic E-state index is -0.354. The van der Waals surface area contributed by atoms with E-state index >= 15 is 0 Å². The van der Waals surface area contributed by atoms with Gasteiger partial charge in [0.2, 0.25) is 10.9 Å². The lowest BCUT2D eigenvalue weighted by atomic mass is 9.77. The van der Waals surface area contributed by atoms with E-state index in [1.54, 1.807) is 0 Å². The van der Waals surface area contributed by atoms with Crippen molar-refractivity contribution in [3.05, 3.63) is 49.3 Å². The predicted octanol–water partition coefficient (Wildman–Crippen LogP) is 4.11. The fraction of sp³-hybridized carbons (Fsp3) is 0.524. The normalized spacial score (nSPS) is 24.3. The van der Waals surface area contributed by atoms with E-state index in [4.69, 9.17) is 0 Å². The molecule has 0 radical (unpaired) electrons. The molecule has 0 heterocycles. The van der Waals surface area contributed by atoms with Crippen LogP contribution in [-0.2, 0) is 0 Å². The van der Waals surface area contributed by atoms with Gasteiger partial charge in [-0.25, -0.2) is 0 Å². The predicted molar refractivity (Wildman–Crippen MR) is 101 cm³/mol. The molecule has 128 valence electrons. The highest BCUT2D eigenvalue weighted by molar-refractivity contribution is 5.84. The second kappa shape index (κ2) is 6.19. The molecule has 24 heavy (non-hydrogen) atoms. The molecule has 0 amide bonds. The molecule has 1 fully saturated rings. The van der Waals surface area contributed by atoms with Gasteiger partial charge in [0.15, 0.2) is 0 Å². The van der Waals surface area contributed by atoms with Gasteiger partial charge in [-0.2, -0.15) is 0 Å². The summed E-state index contributed by atoms with van der Waals surface area (Å²) in [5.74, 6) is 1.16. The summed E-state index contributed by atoms with van der Waals surface area (Å²) in [6.45, 7) is 10.6. The maximum absolute atomic E-state index is 12.3. The van der Waals surface area contributed by atoms with E-state index in [2.05, 4.69) is 32.2 Å². The summed E-state index contributed by atoms with van der Waals surface area (Å²) < 4.78 is 0. The highest BCUT2D eigenvalue weighted by Crippen LogP contribution is 2.34.